The summed E-state index contributed by atoms with van der Waals surface area (Å²) in [4.78, 5) is 12.0. The third-order valence-corrected chi connectivity index (χ3v) is 3.69. The molecule has 0 saturated carbocycles. The molecule has 1 heteroatoms. The number of hydrogen-bond donors (Lipinski definition) is 0. The predicted molar refractivity (Wildman–Crippen MR) is 79.0 cm³/mol. The topological polar surface area (TPSA) is 17.1 Å². The number of rotatable bonds is 2. The predicted octanol–water partition coefficient (Wildman–Crippen LogP) is 4.23. The van der Waals surface area contributed by atoms with Gasteiger partial charge in [-0.15, -0.1) is 0 Å². The molecule has 2 aromatic rings. The molecule has 2 aromatic carbocycles. The molecule has 0 fully saturated rings. The van der Waals surface area contributed by atoms with Crippen LogP contribution >= 0.6 is 0 Å². The Labute approximate surface area is 113 Å². The van der Waals surface area contributed by atoms with Crippen molar-refractivity contribution in [3.8, 4) is 0 Å². The van der Waals surface area contributed by atoms with Crippen molar-refractivity contribution in [3.05, 3.63) is 70.8 Å². The fraction of sp³-hybridized carbons (Fsp3) is 0.167. The van der Waals surface area contributed by atoms with E-state index in [0.29, 0.717) is 0 Å². The van der Waals surface area contributed by atoms with Crippen molar-refractivity contribution in [1.29, 1.82) is 0 Å². The molecule has 3 rings (SSSR count). The molecule has 0 bridgehead atoms. The lowest BCUT2D eigenvalue weighted by molar-refractivity contribution is 0.0946. The van der Waals surface area contributed by atoms with Crippen LogP contribution in [0.2, 0.25) is 0 Å². The molecule has 0 radical (unpaired) electrons. The minimum absolute atomic E-state index is 0.126. The van der Waals surface area contributed by atoms with Crippen molar-refractivity contribution < 1.29 is 4.79 Å². The summed E-state index contributed by atoms with van der Waals surface area (Å²) < 4.78 is 0. The van der Waals surface area contributed by atoms with E-state index in [1.165, 1.54) is 16.7 Å². The zero-order valence-corrected chi connectivity index (χ0v) is 11.0. The molecule has 0 N–H and O–H groups in total. The Balaban J connectivity index is 1.96. The Hall–Kier alpha value is -2.15. The molecule has 94 valence electrons. The first-order valence-electron chi connectivity index (χ1n) is 6.65. The summed E-state index contributed by atoms with van der Waals surface area (Å²) in [6, 6.07) is 16.2. The van der Waals surface area contributed by atoms with Crippen LogP contribution in [-0.2, 0) is 6.42 Å². The number of carbonyl (C=O) groups excluding carboxylic acids is 1. The Morgan fingerprint density at radius 3 is 2.58 bits per heavy atom. The van der Waals surface area contributed by atoms with Crippen LogP contribution in [0.4, 0.5) is 0 Å². The van der Waals surface area contributed by atoms with Gasteiger partial charge in [0.25, 0.3) is 0 Å². The van der Waals surface area contributed by atoms with E-state index in [2.05, 4.69) is 30.4 Å². The second-order valence-corrected chi connectivity index (χ2v) is 5.09. The largest absolute Gasteiger partial charge is 0.294 e. The van der Waals surface area contributed by atoms with Gasteiger partial charge in [-0.2, -0.15) is 0 Å². The van der Waals surface area contributed by atoms with Crippen LogP contribution in [0.1, 0.15) is 34.0 Å². The third-order valence-electron chi connectivity index (χ3n) is 3.69. The summed E-state index contributed by atoms with van der Waals surface area (Å²) in [5, 5.41) is 0. The van der Waals surface area contributed by atoms with E-state index in [9.17, 15) is 4.79 Å². The lowest BCUT2D eigenvalue weighted by Crippen LogP contribution is -2.02. The molecular weight excluding hydrogens is 232 g/mol. The highest BCUT2D eigenvalue weighted by atomic mass is 16.1. The maximum Gasteiger partial charge on any atom is 0.166 e. The van der Waals surface area contributed by atoms with Crippen molar-refractivity contribution in [1.82, 2.24) is 0 Å². The lowest BCUT2D eigenvalue weighted by Gasteiger charge is -2.02. The monoisotopic (exact) mass is 248 g/mol. The molecule has 0 saturated heterocycles. The van der Waals surface area contributed by atoms with Crippen molar-refractivity contribution in [3.63, 3.8) is 0 Å². The number of carbonyl (C=O) groups is 1. The molecule has 1 aliphatic carbocycles. The van der Waals surface area contributed by atoms with Crippen LogP contribution in [-0.4, -0.2) is 5.78 Å². The molecule has 0 spiro atoms. The molecule has 0 amide bonds. The van der Waals surface area contributed by atoms with Crippen LogP contribution < -0.4 is 0 Å². The van der Waals surface area contributed by atoms with Gasteiger partial charge in [0.05, 0.1) is 0 Å². The maximum absolute atomic E-state index is 12.0. The number of benzene rings is 2. The highest BCUT2D eigenvalue weighted by Gasteiger charge is 2.27. The Morgan fingerprint density at radius 2 is 1.79 bits per heavy atom. The molecule has 1 aliphatic rings. The second kappa shape index (κ2) is 4.85. The molecule has 1 atom stereocenters. The van der Waals surface area contributed by atoms with Crippen LogP contribution in [0.15, 0.2) is 48.5 Å². The standard InChI is InChI=1S/C18H16O/c1-13-12-17-15(8-5-9-16(17)18(13)19)11-10-14-6-3-2-4-7-14/h2-11,13H,12H2,1H3/b11-10+. The minimum Gasteiger partial charge on any atom is -0.294 e. The van der Waals surface area contributed by atoms with E-state index < -0.39 is 0 Å². The molecule has 0 aliphatic heterocycles. The van der Waals surface area contributed by atoms with Gasteiger partial charge in [0, 0.05) is 11.5 Å². The summed E-state index contributed by atoms with van der Waals surface area (Å²) in [5.41, 5.74) is 4.45. The van der Waals surface area contributed by atoms with Gasteiger partial charge < -0.3 is 0 Å². The van der Waals surface area contributed by atoms with E-state index >= 15 is 0 Å². The van der Waals surface area contributed by atoms with Crippen LogP contribution in [0, 0.1) is 5.92 Å². The Bertz CT molecular complexity index is 638. The summed E-state index contributed by atoms with van der Waals surface area (Å²) in [6.07, 6.45) is 5.08. The van der Waals surface area contributed by atoms with E-state index in [0.717, 1.165) is 12.0 Å². The van der Waals surface area contributed by atoms with Gasteiger partial charge in [0.2, 0.25) is 0 Å². The first kappa shape index (κ1) is 11.9. The zero-order chi connectivity index (χ0) is 13.2. The van der Waals surface area contributed by atoms with Gasteiger partial charge in [-0.3, -0.25) is 4.79 Å². The molecule has 1 nitrogen and oxygen atoms in total. The van der Waals surface area contributed by atoms with Gasteiger partial charge >= 0.3 is 0 Å². The fourth-order valence-corrected chi connectivity index (χ4v) is 2.63. The van der Waals surface area contributed by atoms with E-state index in [1.54, 1.807) is 0 Å². The van der Waals surface area contributed by atoms with E-state index in [-0.39, 0.29) is 11.7 Å². The Morgan fingerprint density at radius 1 is 1.00 bits per heavy atom. The quantitative estimate of drug-likeness (QED) is 0.727. The van der Waals surface area contributed by atoms with E-state index in [4.69, 9.17) is 0 Å². The number of hydrogen-bond acceptors (Lipinski definition) is 1. The van der Waals surface area contributed by atoms with Gasteiger partial charge in [0.15, 0.2) is 5.78 Å². The van der Waals surface area contributed by atoms with E-state index in [1.807, 2.05) is 37.3 Å². The van der Waals surface area contributed by atoms with Gasteiger partial charge in [-0.1, -0.05) is 67.6 Å². The highest BCUT2D eigenvalue weighted by molar-refractivity contribution is 6.03. The molecular formula is C18H16O. The van der Waals surface area contributed by atoms with Crippen LogP contribution in [0.3, 0.4) is 0 Å². The van der Waals surface area contributed by atoms with Crippen LogP contribution in [0.5, 0.6) is 0 Å². The SMILES string of the molecule is CC1Cc2c(/C=C/c3ccccc3)cccc2C1=O. The average Bonchev–Trinajstić information content (AvgIpc) is 2.74. The number of Topliss-reactive ketones (excluding diaryl/α,β-unsaturated/α-hetero) is 1. The van der Waals surface area contributed by atoms with Gasteiger partial charge in [0.1, 0.15) is 0 Å². The summed E-state index contributed by atoms with van der Waals surface area (Å²) in [7, 11) is 0. The normalized spacial score (nSPS) is 17.9. The van der Waals surface area contributed by atoms with Gasteiger partial charge in [-0.25, -0.2) is 0 Å². The highest BCUT2D eigenvalue weighted by Crippen LogP contribution is 2.30. The molecule has 19 heavy (non-hydrogen) atoms. The molecule has 0 aromatic heterocycles. The summed E-state index contributed by atoms with van der Waals surface area (Å²) in [6.45, 7) is 2.01. The summed E-state index contributed by atoms with van der Waals surface area (Å²) >= 11 is 0. The lowest BCUT2D eigenvalue weighted by atomic mass is 10.0. The van der Waals surface area contributed by atoms with Crippen molar-refractivity contribution >= 4 is 17.9 Å². The minimum atomic E-state index is 0.126. The third kappa shape index (κ3) is 2.24. The van der Waals surface area contributed by atoms with Crippen molar-refractivity contribution in [2.45, 2.75) is 13.3 Å². The first-order chi connectivity index (χ1) is 9.25. The van der Waals surface area contributed by atoms with Gasteiger partial charge in [-0.05, 0) is 23.1 Å². The smallest absolute Gasteiger partial charge is 0.166 e. The Kier molecular flexibility index (Phi) is 3.04. The maximum atomic E-state index is 12.0. The zero-order valence-electron chi connectivity index (χ0n) is 11.0. The average molecular weight is 248 g/mol. The van der Waals surface area contributed by atoms with Crippen molar-refractivity contribution in [2.75, 3.05) is 0 Å². The molecule has 0 heterocycles. The first-order valence-corrected chi connectivity index (χ1v) is 6.65. The second-order valence-electron chi connectivity index (χ2n) is 5.09. The van der Waals surface area contributed by atoms with Crippen molar-refractivity contribution in [2.24, 2.45) is 5.92 Å². The molecule has 1 unspecified atom stereocenters. The van der Waals surface area contributed by atoms with Crippen LogP contribution in [0.25, 0.3) is 12.2 Å². The number of ketones is 1. The fourth-order valence-electron chi connectivity index (χ4n) is 2.63. The number of fused-ring (bicyclic) bond motifs is 1. The summed E-state index contributed by atoms with van der Waals surface area (Å²) in [5.74, 6) is 0.409.